The molecule has 0 unspecified atom stereocenters. The zero-order chi connectivity index (χ0) is 14.0. The zero-order valence-corrected chi connectivity index (χ0v) is 13.0. The summed E-state index contributed by atoms with van der Waals surface area (Å²) in [6.45, 7) is 1.91. The van der Waals surface area contributed by atoms with Crippen LogP contribution in [0.5, 0.6) is 0 Å². The fourth-order valence-corrected chi connectivity index (χ4v) is 3.08. The third-order valence-electron chi connectivity index (χ3n) is 2.43. The van der Waals surface area contributed by atoms with Gasteiger partial charge in [-0.15, -0.1) is 11.3 Å². The lowest BCUT2D eigenvalue weighted by molar-refractivity contribution is 0.103. The van der Waals surface area contributed by atoms with E-state index >= 15 is 0 Å². The van der Waals surface area contributed by atoms with Crippen LogP contribution in [0.25, 0.3) is 0 Å². The number of benzene rings is 1. The molecule has 0 bridgehead atoms. The van der Waals surface area contributed by atoms with Crippen LogP contribution in [0.15, 0.2) is 28.1 Å². The van der Waals surface area contributed by atoms with E-state index in [-0.39, 0.29) is 5.91 Å². The first-order chi connectivity index (χ1) is 9.01. The summed E-state index contributed by atoms with van der Waals surface area (Å²) in [5.74, 6) is -0.252. The van der Waals surface area contributed by atoms with Crippen LogP contribution in [0.1, 0.15) is 20.8 Å². The van der Waals surface area contributed by atoms with E-state index in [0.29, 0.717) is 21.2 Å². The summed E-state index contributed by atoms with van der Waals surface area (Å²) in [4.78, 5) is 12.7. The molecule has 0 radical (unpaired) electrons. The maximum absolute atomic E-state index is 12.1. The second kappa shape index (κ2) is 5.74. The van der Waals surface area contributed by atoms with Crippen molar-refractivity contribution in [2.24, 2.45) is 0 Å². The molecule has 2 aromatic rings. The van der Waals surface area contributed by atoms with Crippen molar-refractivity contribution in [3.63, 3.8) is 0 Å². The van der Waals surface area contributed by atoms with Crippen molar-refractivity contribution in [3.8, 4) is 6.07 Å². The van der Waals surface area contributed by atoms with Crippen molar-refractivity contribution in [1.29, 1.82) is 5.26 Å². The summed E-state index contributed by atoms with van der Waals surface area (Å²) in [6.07, 6.45) is 0. The van der Waals surface area contributed by atoms with E-state index in [1.165, 1.54) is 11.3 Å². The Hall–Kier alpha value is -1.35. The molecule has 0 atom stereocenters. The van der Waals surface area contributed by atoms with Crippen LogP contribution >= 0.6 is 38.9 Å². The summed E-state index contributed by atoms with van der Waals surface area (Å²) in [7, 11) is 0. The molecule has 2 rings (SSSR count). The van der Waals surface area contributed by atoms with Gasteiger partial charge in [-0.1, -0.05) is 11.6 Å². The van der Waals surface area contributed by atoms with Gasteiger partial charge in [0.1, 0.15) is 6.07 Å². The van der Waals surface area contributed by atoms with Crippen molar-refractivity contribution >= 4 is 50.5 Å². The van der Waals surface area contributed by atoms with Gasteiger partial charge < -0.3 is 5.32 Å². The molecule has 19 heavy (non-hydrogen) atoms. The summed E-state index contributed by atoms with van der Waals surface area (Å²) < 4.78 is 0.921. The molecule has 1 heterocycles. The Bertz CT molecular complexity index is 671. The number of carbonyl (C=O) groups excluding carboxylic acids is 1. The highest BCUT2D eigenvalue weighted by Crippen LogP contribution is 2.28. The average Bonchev–Trinajstić information content (AvgIpc) is 2.70. The lowest BCUT2D eigenvalue weighted by atomic mass is 10.2. The van der Waals surface area contributed by atoms with Gasteiger partial charge in [-0.2, -0.15) is 5.26 Å². The first-order valence-electron chi connectivity index (χ1n) is 5.28. The lowest BCUT2D eigenvalue weighted by Crippen LogP contribution is -2.11. The molecule has 0 saturated heterocycles. The highest BCUT2D eigenvalue weighted by atomic mass is 79.9. The van der Waals surface area contributed by atoms with Crippen LogP contribution in [0.2, 0.25) is 5.02 Å². The Kier molecular flexibility index (Phi) is 4.25. The zero-order valence-electron chi connectivity index (χ0n) is 9.83. The number of amides is 1. The topological polar surface area (TPSA) is 52.9 Å². The predicted molar refractivity (Wildman–Crippen MR) is 80.9 cm³/mol. The molecule has 3 nitrogen and oxygen atoms in total. The minimum Gasteiger partial charge on any atom is -0.320 e. The molecule has 1 aromatic carbocycles. The maximum atomic E-state index is 12.1. The van der Waals surface area contributed by atoms with Gasteiger partial charge >= 0.3 is 0 Å². The van der Waals surface area contributed by atoms with E-state index in [1.807, 2.05) is 13.0 Å². The van der Waals surface area contributed by atoms with Crippen molar-refractivity contribution in [3.05, 3.63) is 49.1 Å². The van der Waals surface area contributed by atoms with Gasteiger partial charge in [0, 0.05) is 5.02 Å². The van der Waals surface area contributed by atoms with Gasteiger partial charge in [0.25, 0.3) is 5.91 Å². The largest absolute Gasteiger partial charge is 0.320 e. The first-order valence-corrected chi connectivity index (χ1v) is 7.27. The molecule has 0 saturated carbocycles. The van der Waals surface area contributed by atoms with Crippen LogP contribution in [0, 0.1) is 18.3 Å². The number of halogens is 2. The maximum Gasteiger partial charge on any atom is 0.265 e. The molecular weight excluding hydrogens is 348 g/mol. The van der Waals surface area contributed by atoms with Crippen molar-refractivity contribution in [2.45, 2.75) is 6.92 Å². The Morgan fingerprint density at radius 2 is 2.21 bits per heavy atom. The number of hydrogen-bond donors (Lipinski definition) is 1. The quantitative estimate of drug-likeness (QED) is 0.856. The van der Waals surface area contributed by atoms with Gasteiger partial charge in [-0.05, 0) is 52.7 Å². The summed E-state index contributed by atoms with van der Waals surface area (Å²) in [6, 6.07) is 8.56. The van der Waals surface area contributed by atoms with Crippen molar-refractivity contribution < 1.29 is 4.79 Å². The van der Waals surface area contributed by atoms with Crippen molar-refractivity contribution in [1.82, 2.24) is 0 Å². The third kappa shape index (κ3) is 3.16. The Morgan fingerprint density at radius 3 is 2.79 bits per heavy atom. The monoisotopic (exact) mass is 354 g/mol. The van der Waals surface area contributed by atoms with E-state index in [2.05, 4.69) is 21.2 Å². The minimum absolute atomic E-state index is 0.252. The molecule has 0 aliphatic carbocycles. The smallest absolute Gasteiger partial charge is 0.265 e. The van der Waals surface area contributed by atoms with Crippen LogP contribution < -0.4 is 5.32 Å². The molecule has 96 valence electrons. The fraction of sp³-hybridized carbons (Fsp3) is 0.0769. The van der Waals surface area contributed by atoms with Crippen LogP contribution in [0.3, 0.4) is 0 Å². The van der Waals surface area contributed by atoms with E-state index in [4.69, 9.17) is 16.9 Å². The highest BCUT2D eigenvalue weighted by molar-refractivity contribution is 9.11. The molecular formula is C13H8BrClN2OS. The van der Waals surface area contributed by atoms with Crippen LogP contribution in [-0.4, -0.2) is 5.91 Å². The molecule has 0 aliphatic heterocycles. The third-order valence-corrected chi connectivity index (χ3v) is 4.80. The van der Waals surface area contributed by atoms with Crippen LogP contribution in [-0.2, 0) is 0 Å². The van der Waals surface area contributed by atoms with E-state index in [9.17, 15) is 4.79 Å². The van der Waals surface area contributed by atoms with Gasteiger partial charge in [0.05, 0.1) is 19.9 Å². The summed E-state index contributed by atoms with van der Waals surface area (Å²) in [5, 5.41) is 12.2. The van der Waals surface area contributed by atoms with Gasteiger partial charge in [-0.25, -0.2) is 0 Å². The number of hydrogen-bond acceptors (Lipinski definition) is 3. The van der Waals surface area contributed by atoms with Crippen LogP contribution in [0.4, 0.5) is 5.69 Å². The first kappa shape index (κ1) is 14.1. The lowest BCUT2D eigenvalue weighted by Gasteiger charge is -2.06. The number of rotatable bonds is 2. The standard InChI is InChI=1S/C13H8BrClN2OS/c1-7-4-11(19-12(7)14)13(18)17-10-5-9(15)3-2-8(10)6-16/h2-5H,1H3,(H,17,18). The second-order valence-corrected chi connectivity index (χ2v) is 6.63. The van der Waals surface area contributed by atoms with E-state index in [0.717, 1.165) is 9.35 Å². The van der Waals surface area contributed by atoms with Crippen molar-refractivity contribution in [2.75, 3.05) is 5.32 Å². The van der Waals surface area contributed by atoms with Gasteiger partial charge in [-0.3, -0.25) is 4.79 Å². The number of nitriles is 1. The Morgan fingerprint density at radius 1 is 1.47 bits per heavy atom. The molecule has 0 aliphatic rings. The van der Waals surface area contributed by atoms with Gasteiger partial charge in [0.2, 0.25) is 0 Å². The van der Waals surface area contributed by atoms with Gasteiger partial charge in [0.15, 0.2) is 0 Å². The second-order valence-electron chi connectivity index (χ2n) is 3.82. The number of carbonyl (C=O) groups is 1. The minimum atomic E-state index is -0.252. The molecule has 1 N–H and O–H groups in total. The molecule has 0 fully saturated rings. The van der Waals surface area contributed by atoms with E-state index < -0.39 is 0 Å². The Balaban J connectivity index is 2.29. The molecule has 0 spiro atoms. The normalized spacial score (nSPS) is 10.0. The summed E-state index contributed by atoms with van der Waals surface area (Å²) in [5.41, 5.74) is 1.80. The number of anilines is 1. The fourth-order valence-electron chi connectivity index (χ4n) is 1.47. The number of thiophene rings is 1. The molecule has 6 heteroatoms. The molecule has 1 amide bonds. The summed E-state index contributed by atoms with van der Waals surface area (Å²) >= 11 is 10.6. The SMILES string of the molecule is Cc1cc(C(=O)Nc2cc(Cl)ccc2C#N)sc1Br. The highest BCUT2D eigenvalue weighted by Gasteiger charge is 2.13. The predicted octanol–water partition coefficient (Wildman–Crippen LogP) is 4.60. The number of nitrogens with one attached hydrogen (secondary N) is 1. The number of aryl methyl sites for hydroxylation is 1. The average molecular weight is 356 g/mol. The Labute approximate surface area is 127 Å². The molecule has 1 aromatic heterocycles. The number of nitrogens with zero attached hydrogens (tertiary/aromatic N) is 1. The van der Waals surface area contributed by atoms with E-state index in [1.54, 1.807) is 24.3 Å².